The first-order valence-corrected chi connectivity index (χ1v) is 9.79. The molecule has 3 aromatic rings. The number of para-hydroxylation sites is 1. The normalized spacial score (nSPS) is 16.7. The van der Waals surface area contributed by atoms with Crippen LogP contribution in [0.3, 0.4) is 0 Å². The average molecular weight is 384 g/mol. The van der Waals surface area contributed by atoms with E-state index in [1.165, 1.54) is 11.1 Å². The lowest BCUT2D eigenvalue weighted by molar-refractivity contribution is -0.113. The number of hydrogen-bond donors (Lipinski definition) is 1. The van der Waals surface area contributed by atoms with Gasteiger partial charge in [0.1, 0.15) is 5.82 Å². The molecule has 0 unspecified atom stereocenters. The third kappa shape index (κ3) is 3.02. The maximum absolute atomic E-state index is 12.4. The number of aromatic nitrogens is 2. The molecule has 1 aliphatic rings. The predicted molar refractivity (Wildman–Crippen MR) is 107 cm³/mol. The molecule has 0 saturated carbocycles. The van der Waals surface area contributed by atoms with E-state index in [2.05, 4.69) is 36.5 Å². The van der Waals surface area contributed by atoms with Crippen LogP contribution in [0.5, 0.6) is 0 Å². The van der Waals surface area contributed by atoms with Crippen molar-refractivity contribution in [2.45, 2.75) is 19.1 Å². The number of carbonyl (C=O) groups excluding carboxylic acids is 1. The van der Waals surface area contributed by atoms with Crippen molar-refractivity contribution in [2.75, 3.05) is 11.1 Å². The van der Waals surface area contributed by atoms with Gasteiger partial charge in [0, 0.05) is 5.56 Å². The van der Waals surface area contributed by atoms with Crippen LogP contribution in [0.15, 0.2) is 48.5 Å². The molecular formula is C20H18ClN3OS. The van der Waals surface area contributed by atoms with E-state index in [1.54, 1.807) is 16.4 Å². The summed E-state index contributed by atoms with van der Waals surface area (Å²) in [5.74, 6) is 1.08. The van der Waals surface area contributed by atoms with E-state index in [0.29, 0.717) is 16.6 Å². The number of nitrogens with zero attached hydrogens (tertiary/aromatic N) is 2. The second-order valence-electron chi connectivity index (χ2n) is 6.36. The van der Waals surface area contributed by atoms with Crippen molar-refractivity contribution in [3.8, 4) is 5.69 Å². The molecule has 4 rings (SSSR count). The van der Waals surface area contributed by atoms with Gasteiger partial charge in [-0.15, -0.1) is 11.8 Å². The first-order valence-electron chi connectivity index (χ1n) is 8.37. The summed E-state index contributed by atoms with van der Waals surface area (Å²) in [7, 11) is 0. The second-order valence-corrected chi connectivity index (χ2v) is 7.86. The van der Waals surface area contributed by atoms with Gasteiger partial charge in [0.05, 0.1) is 27.4 Å². The summed E-state index contributed by atoms with van der Waals surface area (Å²) >= 11 is 8.01. The quantitative estimate of drug-likeness (QED) is 0.683. The van der Waals surface area contributed by atoms with Crippen molar-refractivity contribution in [3.05, 3.63) is 75.9 Å². The number of hydrogen-bond acceptors (Lipinski definition) is 3. The number of nitrogens with one attached hydrogen (secondary N) is 1. The van der Waals surface area contributed by atoms with E-state index in [1.807, 2.05) is 31.2 Å². The Morgan fingerprint density at radius 1 is 1.19 bits per heavy atom. The number of thioether (sulfide) groups is 1. The van der Waals surface area contributed by atoms with Gasteiger partial charge in [-0.2, -0.15) is 5.10 Å². The average Bonchev–Trinajstić information content (AvgIpc) is 2.82. The Morgan fingerprint density at radius 3 is 2.77 bits per heavy atom. The first-order chi connectivity index (χ1) is 12.5. The predicted octanol–water partition coefficient (Wildman–Crippen LogP) is 4.92. The highest BCUT2D eigenvalue weighted by atomic mass is 35.5. The van der Waals surface area contributed by atoms with E-state index in [0.717, 1.165) is 16.9 Å². The zero-order chi connectivity index (χ0) is 18.3. The highest BCUT2D eigenvalue weighted by molar-refractivity contribution is 8.00. The summed E-state index contributed by atoms with van der Waals surface area (Å²) in [4.78, 5) is 12.4. The van der Waals surface area contributed by atoms with E-state index in [-0.39, 0.29) is 11.2 Å². The molecule has 0 spiro atoms. The molecule has 4 nitrogen and oxygen atoms in total. The maximum Gasteiger partial charge on any atom is 0.235 e. The molecule has 1 amide bonds. The Kier molecular flexibility index (Phi) is 4.51. The third-order valence-corrected chi connectivity index (χ3v) is 6.02. The molecule has 0 saturated heterocycles. The zero-order valence-corrected chi connectivity index (χ0v) is 16.1. The van der Waals surface area contributed by atoms with Gasteiger partial charge in [0.15, 0.2) is 0 Å². The summed E-state index contributed by atoms with van der Waals surface area (Å²) in [5, 5.41) is 8.37. The van der Waals surface area contributed by atoms with Crippen LogP contribution in [0.2, 0.25) is 5.02 Å². The fourth-order valence-corrected chi connectivity index (χ4v) is 4.67. The Morgan fingerprint density at radius 2 is 2.00 bits per heavy atom. The minimum atomic E-state index is -0.0281. The largest absolute Gasteiger partial charge is 0.310 e. The molecule has 1 aliphatic heterocycles. The van der Waals surface area contributed by atoms with Gasteiger partial charge in [-0.05, 0) is 31.5 Å². The van der Waals surface area contributed by atoms with Crippen LogP contribution >= 0.6 is 23.4 Å². The number of rotatable bonds is 2. The Labute approximate surface area is 161 Å². The van der Waals surface area contributed by atoms with Crippen molar-refractivity contribution < 1.29 is 4.79 Å². The van der Waals surface area contributed by atoms with E-state index in [9.17, 15) is 4.79 Å². The summed E-state index contributed by atoms with van der Waals surface area (Å²) in [6, 6.07) is 15.9. The van der Waals surface area contributed by atoms with Gasteiger partial charge in [0.2, 0.25) is 5.91 Å². The molecule has 0 radical (unpaired) electrons. The number of anilines is 1. The van der Waals surface area contributed by atoms with E-state index >= 15 is 0 Å². The lowest BCUT2D eigenvalue weighted by Gasteiger charge is -2.16. The Bertz CT molecular complexity index is 998. The Hall–Kier alpha value is -2.24. The zero-order valence-electron chi connectivity index (χ0n) is 14.5. The SMILES string of the molecule is Cc1cccc([C@@H]2SCC(=O)Nc3c2c(C)nn3-c2ccccc2Cl)c1. The molecule has 2 aromatic carbocycles. The van der Waals surface area contributed by atoms with Gasteiger partial charge in [0.25, 0.3) is 0 Å². The lowest BCUT2D eigenvalue weighted by Crippen LogP contribution is -2.16. The molecule has 132 valence electrons. The van der Waals surface area contributed by atoms with Crippen molar-refractivity contribution in [1.82, 2.24) is 9.78 Å². The molecule has 26 heavy (non-hydrogen) atoms. The van der Waals surface area contributed by atoms with Gasteiger partial charge in [-0.3, -0.25) is 4.79 Å². The highest BCUT2D eigenvalue weighted by Gasteiger charge is 2.30. The van der Waals surface area contributed by atoms with Crippen LogP contribution in [0.1, 0.15) is 27.6 Å². The van der Waals surface area contributed by atoms with Crippen LogP contribution < -0.4 is 5.32 Å². The van der Waals surface area contributed by atoms with Crippen LogP contribution in [0.25, 0.3) is 5.69 Å². The molecular weight excluding hydrogens is 366 g/mol. The maximum atomic E-state index is 12.4. The molecule has 1 atom stereocenters. The van der Waals surface area contributed by atoms with Gasteiger partial charge in [-0.1, -0.05) is 53.6 Å². The smallest absolute Gasteiger partial charge is 0.235 e. The van der Waals surface area contributed by atoms with Gasteiger partial charge < -0.3 is 5.32 Å². The first kappa shape index (κ1) is 17.2. The summed E-state index contributed by atoms with van der Waals surface area (Å²) in [5.41, 5.74) is 5.06. The molecule has 2 heterocycles. The summed E-state index contributed by atoms with van der Waals surface area (Å²) in [6.45, 7) is 4.06. The third-order valence-electron chi connectivity index (χ3n) is 4.43. The molecule has 0 aliphatic carbocycles. The minimum absolute atomic E-state index is 0.0281. The number of carbonyl (C=O) groups is 1. The molecule has 6 heteroatoms. The van der Waals surface area contributed by atoms with Crippen molar-refractivity contribution in [1.29, 1.82) is 0 Å². The summed E-state index contributed by atoms with van der Waals surface area (Å²) < 4.78 is 1.75. The van der Waals surface area contributed by atoms with Crippen LogP contribution in [0, 0.1) is 13.8 Å². The standard InChI is InChI=1S/C20H18ClN3OS/c1-12-6-5-7-14(10-12)19-18-13(2)23-24(16-9-4-3-8-15(16)21)20(18)22-17(25)11-26-19/h3-10,19H,11H2,1-2H3,(H,22,25)/t19-/m0/s1. The monoisotopic (exact) mass is 383 g/mol. The summed E-state index contributed by atoms with van der Waals surface area (Å²) in [6.07, 6.45) is 0. The van der Waals surface area contributed by atoms with Crippen LogP contribution in [0.4, 0.5) is 5.82 Å². The minimum Gasteiger partial charge on any atom is -0.310 e. The van der Waals surface area contributed by atoms with Gasteiger partial charge >= 0.3 is 0 Å². The van der Waals surface area contributed by atoms with Crippen molar-refractivity contribution in [2.24, 2.45) is 0 Å². The van der Waals surface area contributed by atoms with E-state index in [4.69, 9.17) is 16.7 Å². The number of halogens is 1. The second kappa shape index (κ2) is 6.82. The van der Waals surface area contributed by atoms with Crippen LogP contribution in [-0.4, -0.2) is 21.4 Å². The van der Waals surface area contributed by atoms with Crippen LogP contribution in [-0.2, 0) is 4.79 Å². The fraction of sp³-hybridized carbons (Fsp3) is 0.200. The Balaban J connectivity index is 1.92. The molecule has 0 fully saturated rings. The fourth-order valence-electron chi connectivity index (χ4n) is 3.28. The molecule has 0 bridgehead atoms. The van der Waals surface area contributed by atoms with Crippen molar-refractivity contribution in [3.63, 3.8) is 0 Å². The van der Waals surface area contributed by atoms with Gasteiger partial charge in [-0.25, -0.2) is 4.68 Å². The highest BCUT2D eigenvalue weighted by Crippen LogP contribution is 2.44. The molecule has 1 aromatic heterocycles. The number of fused-ring (bicyclic) bond motifs is 1. The van der Waals surface area contributed by atoms with Crippen molar-refractivity contribution >= 4 is 35.1 Å². The number of aryl methyl sites for hydroxylation is 2. The van der Waals surface area contributed by atoms with E-state index < -0.39 is 0 Å². The lowest BCUT2D eigenvalue weighted by atomic mass is 10.0. The number of benzene rings is 2. The topological polar surface area (TPSA) is 46.9 Å². The number of amides is 1. The molecule has 1 N–H and O–H groups in total.